The second kappa shape index (κ2) is 8.83. The number of carbonyl (C=O) groups excluding carboxylic acids is 2. The van der Waals surface area contributed by atoms with E-state index in [4.69, 9.17) is 14.2 Å². The Morgan fingerprint density at radius 2 is 1.79 bits per heavy atom. The molecule has 2 aromatic carbocycles. The molecule has 3 rings (SSSR count). The lowest BCUT2D eigenvalue weighted by molar-refractivity contribution is -0.132. The van der Waals surface area contributed by atoms with Crippen LogP contribution in [0, 0.1) is 0 Å². The van der Waals surface area contributed by atoms with Gasteiger partial charge in [0.25, 0.3) is 5.91 Å². The lowest BCUT2D eigenvalue weighted by atomic mass is 10.2. The van der Waals surface area contributed by atoms with Crippen LogP contribution in [0.15, 0.2) is 52.4 Å². The number of ether oxygens (including phenoxy) is 3. The molecule has 1 aliphatic rings. The van der Waals surface area contributed by atoms with Gasteiger partial charge in [-0.2, -0.15) is 0 Å². The van der Waals surface area contributed by atoms with Crippen LogP contribution in [0.4, 0.5) is 5.69 Å². The molecule has 29 heavy (non-hydrogen) atoms. The van der Waals surface area contributed by atoms with Gasteiger partial charge < -0.3 is 14.2 Å². The number of carbonyl (C=O) groups is 2. The number of para-hydroxylation sites is 2. The first-order valence-corrected chi connectivity index (χ1v) is 9.50. The van der Waals surface area contributed by atoms with Crippen LogP contribution in [0.2, 0.25) is 0 Å². The number of rotatable bonds is 5. The number of methoxy groups -OCH3 is 2. The summed E-state index contributed by atoms with van der Waals surface area (Å²) in [4.78, 5) is 30.5. The lowest BCUT2D eigenvalue weighted by Gasteiger charge is -2.09. The molecule has 0 spiro atoms. The molecule has 8 heteroatoms. The largest absolute Gasteiger partial charge is 0.494 e. The van der Waals surface area contributed by atoms with Crippen LogP contribution in [-0.4, -0.2) is 43.2 Å². The minimum atomic E-state index is -0.453. The summed E-state index contributed by atoms with van der Waals surface area (Å²) in [6.45, 7) is 1.32. The number of aliphatic imine (C=N–C) groups is 1. The van der Waals surface area contributed by atoms with E-state index >= 15 is 0 Å². The van der Waals surface area contributed by atoms with Gasteiger partial charge in [-0.05, 0) is 47.7 Å². The molecule has 0 atom stereocenters. The smallest absolute Gasteiger partial charge is 0.308 e. The molecule has 1 fully saturated rings. The number of amidine groups is 1. The average molecular weight is 412 g/mol. The van der Waals surface area contributed by atoms with Gasteiger partial charge in [-0.3, -0.25) is 14.5 Å². The van der Waals surface area contributed by atoms with Crippen LogP contribution in [0.5, 0.6) is 17.2 Å². The topological polar surface area (TPSA) is 77.4 Å². The molecule has 1 amide bonds. The third-order valence-corrected chi connectivity index (χ3v) is 5.10. The first kappa shape index (κ1) is 20.5. The standard InChI is InChI=1S/C21H20N2O5S/c1-13(24)28-18-11-14(9-10-17(18)27-4)12-19-20(25)23(2)21(29-19)22-15-7-5-6-8-16(15)26-3/h5-12H,1-4H3/b19-12+,22-21?. The Morgan fingerprint density at radius 3 is 2.48 bits per heavy atom. The second-order valence-corrected chi connectivity index (χ2v) is 7.05. The van der Waals surface area contributed by atoms with Crippen molar-refractivity contribution in [2.75, 3.05) is 21.3 Å². The molecule has 0 aromatic heterocycles. The summed E-state index contributed by atoms with van der Waals surface area (Å²) >= 11 is 1.26. The fourth-order valence-corrected chi connectivity index (χ4v) is 3.63. The monoisotopic (exact) mass is 412 g/mol. The SMILES string of the molecule is COc1ccccc1N=C1S/C(=C/c2ccc(OC)c(OC(C)=O)c2)C(=O)N1C. The van der Waals surface area contributed by atoms with Gasteiger partial charge in [-0.25, -0.2) is 4.99 Å². The highest BCUT2D eigenvalue weighted by Crippen LogP contribution is 2.36. The summed E-state index contributed by atoms with van der Waals surface area (Å²) < 4.78 is 15.7. The summed E-state index contributed by atoms with van der Waals surface area (Å²) in [5, 5.41) is 0.541. The maximum absolute atomic E-state index is 12.7. The van der Waals surface area contributed by atoms with E-state index in [-0.39, 0.29) is 5.91 Å². The zero-order valence-electron chi connectivity index (χ0n) is 16.5. The number of hydrogen-bond donors (Lipinski definition) is 0. The summed E-state index contributed by atoms with van der Waals surface area (Å²) in [5.41, 5.74) is 1.34. The van der Waals surface area contributed by atoms with Crippen molar-refractivity contribution in [2.45, 2.75) is 6.92 Å². The molecule has 0 saturated carbocycles. The Hall–Kier alpha value is -3.26. The number of amides is 1. The molecule has 0 N–H and O–H groups in total. The third kappa shape index (κ3) is 4.60. The number of likely N-dealkylation sites (N-methyl/N-ethyl adjacent to an activating group) is 1. The Morgan fingerprint density at radius 1 is 1.07 bits per heavy atom. The van der Waals surface area contributed by atoms with Crippen molar-refractivity contribution < 1.29 is 23.8 Å². The fraction of sp³-hybridized carbons (Fsp3) is 0.190. The minimum Gasteiger partial charge on any atom is -0.494 e. The minimum absolute atomic E-state index is 0.173. The van der Waals surface area contributed by atoms with Gasteiger partial charge in [-0.1, -0.05) is 18.2 Å². The van der Waals surface area contributed by atoms with E-state index < -0.39 is 5.97 Å². The first-order chi connectivity index (χ1) is 13.9. The summed E-state index contributed by atoms with van der Waals surface area (Å²) in [6, 6.07) is 12.5. The molecule has 0 bridgehead atoms. The molecule has 0 radical (unpaired) electrons. The van der Waals surface area contributed by atoms with Crippen molar-refractivity contribution in [3.63, 3.8) is 0 Å². The maximum atomic E-state index is 12.7. The van der Waals surface area contributed by atoms with Gasteiger partial charge in [0, 0.05) is 14.0 Å². The number of benzene rings is 2. The van der Waals surface area contributed by atoms with Crippen LogP contribution in [-0.2, 0) is 9.59 Å². The average Bonchev–Trinajstić information content (AvgIpc) is 2.96. The molecule has 1 heterocycles. The van der Waals surface area contributed by atoms with E-state index in [2.05, 4.69) is 4.99 Å². The molecule has 7 nitrogen and oxygen atoms in total. The molecular weight excluding hydrogens is 392 g/mol. The Labute approximate surface area is 173 Å². The van der Waals surface area contributed by atoms with Crippen LogP contribution >= 0.6 is 11.8 Å². The van der Waals surface area contributed by atoms with Crippen molar-refractivity contribution in [1.29, 1.82) is 0 Å². The van der Waals surface area contributed by atoms with Crippen molar-refractivity contribution in [3.05, 3.63) is 52.9 Å². The van der Waals surface area contributed by atoms with E-state index in [0.29, 0.717) is 38.6 Å². The van der Waals surface area contributed by atoms with Gasteiger partial charge in [0.2, 0.25) is 0 Å². The van der Waals surface area contributed by atoms with Gasteiger partial charge >= 0.3 is 5.97 Å². The van der Waals surface area contributed by atoms with E-state index in [0.717, 1.165) is 0 Å². The summed E-state index contributed by atoms with van der Waals surface area (Å²) in [7, 11) is 4.74. The lowest BCUT2D eigenvalue weighted by Crippen LogP contribution is -2.23. The van der Waals surface area contributed by atoms with Crippen LogP contribution < -0.4 is 14.2 Å². The normalized spacial score (nSPS) is 16.4. The highest BCUT2D eigenvalue weighted by molar-refractivity contribution is 8.18. The molecule has 2 aromatic rings. The van der Waals surface area contributed by atoms with Crippen LogP contribution in [0.3, 0.4) is 0 Å². The predicted molar refractivity (Wildman–Crippen MR) is 113 cm³/mol. The van der Waals surface area contributed by atoms with Gasteiger partial charge in [0.15, 0.2) is 16.7 Å². The van der Waals surface area contributed by atoms with Gasteiger partial charge in [0.05, 0.1) is 19.1 Å². The molecule has 0 aliphatic carbocycles. The number of nitrogens with zero attached hydrogens (tertiary/aromatic N) is 2. The predicted octanol–water partition coefficient (Wildman–Crippen LogP) is 3.86. The Bertz CT molecular complexity index is 1020. The summed E-state index contributed by atoms with van der Waals surface area (Å²) in [6.07, 6.45) is 1.72. The van der Waals surface area contributed by atoms with Crippen molar-refractivity contribution in [1.82, 2.24) is 4.90 Å². The molecule has 1 saturated heterocycles. The third-order valence-electron chi connectivity index (χ3n) is 4.04. The Balaban J connectivity index is 1.92. The van der Waals surface area contributed by atoms with Crippen LogP contribution in [0.1, 0.15) is 12.5 Å². The van der Waals surface area contributed by atoms with Gasteiger partial charge in [-0.15, -0.1) is 0 Å². The molecule has 0 unspecified atom stereocenters. The van der Waals surface area contributed by atoms with Crippen LogP contribution in [0.25, 0.3) is 6.08 Å². The summed E-state index contributed by atoms with van der Waals surface area (Å²) in [5.74, 6) is 0.725. The number of thioether (sulfide) groups is 1. The van der Waals surface area contributed by atoms with E-state index in [1.54, 1.807) is 38.4 Å². The fourth-order valence-electron chi connectivity index (χ4n) is 2.65. The number of esters is 1. The van der Waals surface area contributed by atoms with Gasteiger partial charge in [0.1, 0.15) is 11.4 Å². The highest BCUT2D eigenvalue weighted by atomic mass is 32.2. The zero-order valence-corrected chi connectivity index (χ0v) is 17.3. The molecular formula is C21H20N2O5S. The second-order valence-electron chi connectivity index (χ2n) is 6.04. The van der Waals surface area contributed by atoms with E-state index in [9.17, 15) is 9.59 Å². The number of hydrogen-bond acceptors (Lipinski definition) is 7. The van der Waals surface area contributed by atoms with Crippen molar-refractivity contribution in [3.8, 4) is 17.2 Å². The van der Waals surface area contributed by atoms with Crippen molar-refractivity contribution >= 4 is 40.6 Å². The highest BCUT2D eigenvalue weighted by Gasteiger charge is 2.30. The quantitative estimate of drug-likeness (QED) is 0.422. The van der Waals surface area contributed by atoms with E-state index in [1.807, 2.05) is 24.3 Å². The molecule has 1 aliphatic heterocycles. The Kier molecular flexibility index (Phi) is 6.23. The zero-order chi connectivity index (χ0) is 21.0. The van der Waals surface area contributed by atoms with E-state index in [1.165, 1.54) is 30.7 Å². The first-order valence-electron chi connectivity index (χ1n) is 8.68. The van der Waals surface area contributed by atoms with Crippen molar-refractivity contribution in [2.24, 2.45) is 4.99 Å². The maximum Gasteiger partial charge on any atom is 0.308 e. The molecule has 150 valence electrons.